The van der Waals surface area contributed by atoms with Crippen LogP contribution in [0.2, 0.25) is 0 Å². The third kappa shape index (κ3) is 17.6. The van der Waals surface area contributed by atoms with E-state index in [4.69, 9.17) is 9.05 Å². The summed E-state index contributed by atoms with van der Waals surface area (Å²) in [6.45, 7) is 6.97. The molecule has 0 fully saturated rings. The van der Waals surface area contributed by atoms with E-state index in [1.165, 1.54) is 89.9 Å². The van der Waals surface area contributed by atoms with Gasteiger partial charge in [0.2, 0.25) is 0 Å². The molecule has 0 aromatic rings. The lowest BCUT2D eigenvalue weighted by molar-refractivity contribution is 0.219. The Labute approximate surface area is 164 Å². The molecule has 3 nitrogen and oxygen atoms in total. The molecule has 0 aliphatic heterocycles. The van der Waals surface area contributed by atoms with Crippen molar-refractivity contribution in [2.45, 2.75) is 124 Å². The molecule has 0 saturated carbocycles. The molecule has 0 bridgehead atoms. The van der Waals surface area contributed by atoms with Crippen LogP contribution in [0.25, 0.3) is 0 Å². The van der Waals surface area contributed by atoms with Gasteiger partial charge in [-0.3, -0.25) is 4.57 Å². The lowest BCUT2D eigenvalue weighted by atomic mass is 10.0. The summed E-state index contributed by atoms with van der Waals surface area (Å²) in [5, 5.41) is 0. The Hall–Kier alpha value is 0.150. The van der Waals surface area contributed by atoms with Crippen molar-refractivity contribution >= 4 is 7.60 Å². The van der Waals surface area contributed by atoms with Gasteiger partial charge < -0.3 is 9.05 Å². The Morgan fingerprint density at radius 2 is 0.808 bits per heavy atom. The number of hydrogen-bond acceptors (Lipinski definition) is 3. The maximum absolute atomic E-state index is 12.3. The van der Waals surface area contributed by atoms with Crippen molar-refractivity contribution in [1.29, 1.82) is 0 Å². The van der Waals surface area contributed by atoms with E-state index in [1.807, 2.05) is 13.8 Å². The SMILES string of the molecule is CCCCCCCCCCCCCCCCCCP(=O)(OCC)OCC. The molecule has 0 spiro atoms. The van der Waals surface area contributed by atoms with Crippen LogP contribution in [-0.4, -0.2) is 19.4 Å². The summed E-state index contributed by atoms with van der Waals surface area (Å²) >= 11 is 0. The first-order valence-corrected chi connectivity index (χ1v) is 13.3. The van der Waals surface area contributed by atoms with Crippen LogP contribution >= 0.6 is 7.60 Å². The zero-order valence-corrected chi connectivity index (χ0v) is 19.0. The van der Waals surface area contributed by atoms with E-state index in [0.717, 1.165) is 12.8 Å². The molecular weight excluding hydrogens is 343 g/mol. The zero-order chi connectivity index (χ0) is 19.3. The minimum atomic E-state index is -2.81. The van der Waals surface area contributed by atoms with Gasteiger partial charge in [0, 0.05) is 0 Å². The van der Waals surface area contributed by atoms with Crippen LogP contribution in [0.4, 0.5) is 0 Å². The summed E-state index contributed by atoms with van der Waals surface area (Å²) in [6, 6.07) is 0. The van der Waals surface area contributed by atoms with Crippen LogP contribution in [0, 0.1) is 0 Å². The molecule has 0 N–H and O–H groups in total. The smallest absolute Gasteiger partial charge is 0.309 e. The first-order valence-electron chi connectivity index (χ1n) is 11.6. The van der Waals surface area contributed by atoms with Crippen LogP contribution in [0.5, 0.6) is 0 Å². The van der Waals surface area contributed by atoms with Crippen molar-refractivity contribution in [3.63, 3.8) is 0 Å². The third-order valence-corrected chi connectivity index (χ3v) is 7.10. The van der Waals surface area contributed by atoms with Gasteiger partial charge in [-0.05, 0) is 20.3 Å². The highest BCUT2D eigenvalue weighted by atomic mass is 31.2. The molecule has 158 valence electrons. The number of rotatable bonds is 21. The first kappa shape index (κ1) is 26.1. The minimum Gasteiger partial charge on any atom is -0.309 e. The van der Waals surface area contributed by atoms with Crippen LogP contribution in [0.3, 0.4) is 0 Å². The fourth-order valence-corrected chi connectivity index (χ4v) is 5.14. The van der Waals surface area contributed by atoms with Gasteiger partial charge >= 0.3 is 7.60 Å². The van der Waals surface area contributed by atoms with Gasteiger partial charge in [-0.15, -0.1) is 0 Å². The first-order chi connectivity index (χ1) is 12.7. The molecule has 4 heteroatoms. The number of unbranched alkanes of at least 4 members (excludes halogenated alkanes) is 15. The summed E-state index contributed by atoms with van der Waals surface area (Å²) in [7, 11) is -2.81. The predicted molar refractivity (Wildman–Crippen MR) is 115 cm³/mol. The van der Waals surface area contributed by atoms with E-state index in [9.17, 15) is 4.57 Å². The fraction of sp³-hybridized carbons (Fsp3) is 1.00. The summed E-state index contributed by atoms with van der Waals surface area (Å²) in [4.78, 5) is 0. The summed E-state index contributed by atoms with van der Waals surface area (Å²) in [5.74, 6) is 0. The van der Waals surface area contributed by atoms with E-state index in [1.54, 1.807) is 0 Å². The molecular formula is C22H47O3P. The van der Waals surface area contributed by atoms with E-state index in [-0.39, 0.29) is 0 Å². The van der Waals surface area contributed by atoms with Crippen molar-refractivity contribution in [3.8, 4) is 0 Å². The van der Waals surface area contributed by atoms with Gasteiger partial charge in [0.15, 0.2) is 0 Å². The molecule has 0 aromatic heterocycles. The van der Waals surface area contributed by atoms with Crippen molar-refractivity contribution < 1.29 is 13.6 Å². The highest BCUT2D eigenvalue weighted by Gasteiger charge is 2.22. The molecule has 0 unspecified atom stereocenters. The third-order valence-electron chi connectivity index (χ3n) is 4.94. The topological polar surface area (TPSA) is 35.5 Å². The van der Waals surface area contributed by atoms with Crippen molar-refractivity contribution in [2.75, 3.05) is 19.4 Å². The quantitative estimate of drug-likeness (QED) is 0.145. The van der Waals surface area contributed by atoms with Gasteiger partial charge in [0.1, 0.15) is 0 Å². The molecule has 26 heavy (non-hydrogen) atoms. The molecule has 0 radical (unpaired) electrons. The minimum absolute atomic E-state index is 0.468. The van der Waals surface area contributed by atoms with Crippen molar-refractivity contribution in [1.82, 2.24) is 0 Å². The Balaban J connectivity index is 3.27. The Kier molecular flexibility index (Phi) is 20.0. The second-order valence-corrected chi connectivity index (χ2v) is 9.66. The van der Waals surface area contributed by atoms with Gasteiger partial charge in [0.25, 0.3) is 0 Å². The van der Waals surface area contributed by atoms with Crippen LogP contribution in [0.15, 0.2) is 0 Å². The zero-order valence-electron chi connectivity index (χ0n) is 18.1. The Bertz CT molecular complexity index is 311. The second-order valence-electron chi connectivity index (χ2n) is 7.47. The highest BCUT2D eigenvalue weighted by Crippen LogP contribution is 2.48. The van der Waals surface area contributed by atoms with E-state index < -0.39 is 7.60 Å². The summed E-state index contributed by atoms with van der Waals surface area (Å²) in [5.41, 5.74) is 0. The van der Waals surface area contributed by atoms with E-state index >= 15 is 0 Å². The normalized spacial score (nSPS) is 12.0. The molecule has 0 saturated heterocycles. The average Bonchev–Trinajstić information content (AvgIpc) is 2.62. The maximum atomic E-state index is 12.3. The van der Waals surface area contributed by atoms with Crippen LogP contribution < -0.4 is 0 Å². The number of hydrogen-bond donors (Lipinski definition) is 0. The molecule has 0 aliphatic carbocycles. The van der Waals surface area contributed by atoms with E-state index in [0.29, 0.717) is 19.4 Å². The monoisotopic (exact) mass is 390 g/mol. The Morgan fingerprint density at radius 3 is 1.12 bits per heavy atom. The van der Waals surface area contributed by atoms with Crippen molar-refractivity contribution in [3.05, 3.63) is 0 Å². The largest absolute Gasteiger partial charge is 0.330 e. The van der Waals surface area contributed by atoms with Crippen molar-refractivity contribution in [2.24, 2.45) is 0 Å². The fourth-order valence-electron chi connectivity index (χ4n) is 3.41. The van der Waals surface area contributed by atoms with Gasteiger partial charge in [-0.25, -0.2) is 0 Å². The Morgan fingerprint density at radius 1 is 0.500 bits per heavy atom. The average molecular weight is 391 g/mol. The lowest BCUT2D eigenvalue weighted by Gasteiger charge is -2.16. The summed E-state index contributed by atoms with van der Waals surface area (Å²) in [6.07, 6.45) is 22.2. The maximum Gasteiger partial charge on any atom is 0.330 e. The van der Waals surface area contributed by atoms with E-state index in [2.05, 4.69) is 6.92 Å². The molecule has 0 atom stereocenters. The van der Waals surface area contributed by atoms with Gasteiger partial charge in [-0.2, -0.15) is 0 Å². The lowest BCUT2D eigenvalue weighted by Crippen LogP contribution is -2.00. The van der Waals surface area contributed by atoms with Gasteiger partial charge in [-0.1, -0.05) is 103 Å². The summed E-state index contributed by atoms with van der Waals surface area (Å²) < 4.78 is 23.0. The van der Waals surface area contributed by atoms with Crippen LogP contribution in [-0.2, 0) is 13.6 Å². The molecule has 0 heterocycles. The second kappa shape index (κ2) is 19.9. The molecule has 0 aromatic carbocycles. The molecule has 0 aliphatic rings. The standard InChI is InChI=1S/C22H47O3P/c1-4-7-8-9-10-11-12-13-14-15-16-17-18-19-20-21-22-26(23,24-5-2)25-6-3/h4-22H2,1-3H3. The van der Waals surface area contributed by atoms with Gasteiger partial charge in [0.05, 0.1) is 19.4 Å². The molecule has 0 amide bonds. The highest BCUT2D eigenvalue weighted by molar-refractivity contribution is 7.53. The van der Waals surface area contributed by atoms with Crippen LogP contribution in [0.1, 0.15) is 124 Å². The molecule has 0 rings (SSSR count). The predicted octanol–water partition coefficient (Wildman–Crippen LogP) is 8.51.